The highest BCUT2D eigenvalue weighted by Gasteiger charge is 2.32. The first-order chi connectivity index (χ1) is 14.3. The molecule has 2 N–H and O–H groups in total. The number of pyridine rings is 1. The van der Waals surface area contributed by atoms with E-state index in [-0.39, 0.29) is 22.5 Å². The van der Waals surface area contributed by atoms with Crippen molar-refractivity contribution in [3.63, 3.8) is 0 Å². The van der Waals surface area contributed by atoms with Crippen LogP contribution in [-0.2, 0) is 12.6 Å². The number of halogens is 4. The van der Waals surface area contributed by atoms with Crippen LogP contribution in [0.2, 0.25) is 5.02 Å². The molecule has 0 fully saturated rings. The number of hydrogen-bond donors (Lipinski definition) is 2. The quantitative estimate of drug-likeness (QED) is 0.401. The Balaban J connectivity index is 1.81. The van der Waals surface area contributed by atoms with Crippen LogP contribution in [0.15, 0.2) is 48.9 Å². The smallest absolute Gasteiger partial charge is 0.364 e. The maximum absolute atomic E-state index is 12.8. The van der Waals surface area contributed by atoms with Gasteiger partial charge in [-0.15, -0.1) is 0 Å². The molecule has 12 heteroatoms. The van der Waals surface area contributed by atoms with E-state index in [4.69, 9.17) is 11.6 Å². The van der Waals surface area contributed by atoms with Gasteiger partial charge < -0.3 is 10.6 Å². The van der Waals surface area contributed by atoms with E-state index < -0.39 is 22.4 Å². The number of rotatable bonds is 7. The number of nitrogens with zero attached hydrogens (tertiary/aromatic N) is 4. The number of aromatic nitrogens is 3. The van der Waals surface area contributed by atoms with Crippen LogP contribution in [0.3, 0.4) is 0 Å². The van der Waals surface area contributed by atoms with Crippen molar-refractivity contribution in [1.82, 2.24) is 15.0 Å². The molecule has 0 radical (unpaired) electrons. The number of nitro groups is 1. The second-order valence-electron chi connectivity index (χ2n) is 6.02. The summed E-state index contributed by atoms with van der Waals surface area (Å²) in [6.07, 6.45) is -2.37. The molecule has 0 amide bonds. The molecule has 156 valence electrons. The number of alkyl halides is 3. The van der Waals surface area contributed by atoms with E-state index in [2.05, 4.69) is 25.6 Å². The van der Waals surface area contributed by atoms with Gasteiger partial charge in [0.25, 0.3) is 0 Å². The Morgan fingerprint density at radius 3 is 2.40 bits per heavy atom. The lowest BCUT2D eigenvalue weighted by Crippen LogP contribution is -2.11. The molecule has 0 aliphatic heterocycles. The van der Waals surface area contributed by atoms with Gasteiger partial charge in [-0.3, -0.25) is 10.1 Å². The van der Waals surface area contributed by atoms with Crippen LogP contribution in [0.4, 0.5) is 36.3 Å². The fraction of sp³-hybridized carbons (Fsp3) is 0.167. The van der Waals surface area contributed by atoms with Crippen LogP contribution in [0.25, 0.3) is 0 Å². The molecule has 2 heterocycles. The van der Waals surface area contributed by atoms with Crippen molar-refractivity contribution in [1.29, 1.82) is 0 Å². The first-order valence-corrected chi connectivity index (χ1v) is 8.90. The summed E-state index contributed by atoms with van der Waals surface area (Å²) in [7, 11) is 0. The first-order valence-electron chi connectivity index (χ1n) is 8.52. The van der Waals surface area contributed by atoms with E-state index in [1.165, 1.54) is 0 Å². The normalized spacial score (nSPS) is 11.2. The van der Waals surface area contributed by atoms with Crippen LogP contribution in [-0.4, -0.2) is 26.4 Å². The van der Waals surface area contributed by atoms with Gasteiger partial charge in [-0.1, -0.05) is 41.9 Å². The van der Waals surface area contributed by atoms with Gasteiger partial charge in [0, 0.05) is 12.7 Å². The van der Waals surface area contributed by atoms with E-state index in [1.807, 2.05) is 30.3 Å². The van der Waals surface area contributed by atoms with Crippen molar-refractivity contribution in [3.8, 4) is 0 Å². The average molecular weight is 439 g/mol. The van der Waals surface area contributed by atoms with Crippen molar-refractivity contribution in [3.05, 3.63) is 75.2 Å². The molecule has 2 aromatic heterocycles. The highest BCUT2D eigenvalue weighted by molar-refractivity contribution is 6.33. The summed E-state index contributed by atoms with van der Waals surface area (Å²) >= 11 is 5.85. The Morgan fingerprint density at radius 2 is 1.77 bits per heavy atom. The van der Waals surface area contributed by atoms with E-state index in [0.29, 0.717) is 25.2 Å². The first kappa shape index (κ1) is 21.2. The number of nitrogens with one attached hydrogen (secondary N) is 2. The third kappa shape index (κ3) is 5.11. The summed E-state index contributed by atoms with van der Waals surface area (Å²) in [5.74, 6) is -0.510. The van der Waals surface area contributed by atoms with Crippen LogP contribution in [0.1, 0.15) is 11.1 Å². The Kier molecular flexibility index (Phi) is 6.31. The fourth-order valence-corrected chi connectivity index (χ4v) is 2.75. The van der Waals surface area contributed by atoms with Crippen molar-refractivity contribution < 1.29 is 18.1 Å². The summed E-state index contributed by atoms with van der Waals surface area (Å²) < 4.78 is 38.3. The Hall–Kier alpha value is -3.47. The van der Waals surface area contributed by atoms with E-state index in [0.717, 1.165) is 11.9 Å². The molecule has 0 spiro atoms. The maximum Gasteiger partial charge on any atom is 0.417 e. The molecule has 3 rings (SSSR count). The molecular weight excluding hydrogens is 425 g/mol. The zero-order chi connectivity index (χ0) is 21.7. The predicted octanol–water partition coefficient (Wildman–Crippen LogP) is 4.85. The molecule has 0 aliphatic carbocycles. The Bertz CT molecular complexity index is 1050. The minimum Gasteiger partial charge on any atom is -0.364 e. The second kappa shape index (κ2) is 8.91. The zero-order valence-electron chi connectivity index (χ0n) is 15.2. The maximum atomic E-state index is 12.8. The van der Waals surface area contributed by atoms with Gasteiger partial charge in [0.2, 0.25) is 11.6 Å². The van der Waals surface area contributed by atoms with E-state index >= 15 is 0 Å². The molecular formula is C18H14ClF3N6O2. The largest absolute Gasteiger partial charge is 0.417 e. The van der Waals surface area contributed by atoms with Crippen LogP contribution < -0.4 is 10.6 Å². The Labute approximate surface area is 173 Å². The van der Waals surface area contributed by atoms with Crippen molar-refractivity contribution in [2.24, 2.45) is 0 Å². The summed E-state index contributed by atoms with van der Waals surface area (Å²) in [6, 6.07) is 10.1. The third-order valence-corrected chi connectivity index (χ3v) is 4.25. The van der Waals surface area contributed by atoms with Gasteiger partial charge in [-0.2, -0.15) is 13.2 Å². The van der Waals surface area contributed by atoms with Crippen LogP contribution >= 0.6 is 11.6 Å². The molecule has 0 atom stereocenters. The van der Waals surface area contributed by atoms with Crippen molar-refractivity contribution in [2.45, 2.75) is 12.6 Å². The minimum absolute atomic E-state index is 0.0449. The van der Waals surface area contributed by atoms with Gasteiger partial charge in [0.1, 0.15) is 6.33 Å². The standard InChI is InChI=1S/C18H14ClF3N6O2/c19-13-8-12(18(20,21)22)9-24-15(13)27-17-14(28(29)30)16(25-10-26-17)23-7-6-11-4-2-1-3-5-11/h1-5,8-10H,6-7H2,(H2,23,24,25,26,27). The summed E-state index contributed by atoms with van der Waals surface area (Å²) in [4.78, 5) is 22.2. The van der Waals surface area contributed by atoms with Gasteiger partial charge in [0.15, 0.2) is 5.82 Å². The molecule has 0 saturated carbocycles. The summed E-state index contributed by atoms with van der Waals surface area (Å²) in [5.41, 5.74) is -0.498. The highest BCUT2D eigenvalue weighted by atomic mass is 35.5. The molecule has 0 aliphatic rings. The van der Waals surface area contributed by atoms with E-state index in [9.17, 15) is 23.3 Å². The molecule has 0 unspecified atom stereocenters. The summed E-state index contributed by atoms with van der Waals surface area (Å²) in [6.45, 7) is 0.362. The molecule has 0 bridgehead atoms. The SMILES string of the molecule is O=[N+]([O-])c1c(NCCc2ccccc2)ncnc1Nc1ncc(C(F)(F)F)cc1Cl. The highest BCUT2D eigenvalue weighted by Crippen LogP contribution is 2.35. The number of hydrogen-bond acceptors (Lipinski definition) is 7. The Morgan fingerprint density at radius 1 is 1.07 bits per heavy atom. The van der Waals surface area contributed by atoms with Crippen molar-refractivity contribution in [2.75, 3.05) is 17.2 Å². The average Bonchev–Trinajstić information content (AvgIpc) is 2.69. The third-order valence-electron chi connectivity index (χ3n) is 3.96. The van der Waals surface area contributed by atoms with Gasteiger partial charge in [-0.05, 0) is 18.1 Å². The summed E-state index contributed by atoms with van der Waals surface area (Å²) in [5, 5.41) is 16.6. The van der Waals surface area contributed by atoms with Gasteiger partial charge in [-0.25, -0.2) is 15.0 Å². The molecule has 8 nitrogen and oxygen atoms in total. The van der Waals surface area contributed by atoms with Crippen LogP contribution in [0.5, 0.6) is 0 Å². The van der Waals surface area contributed by atoms with E-state index in [1.54, 1.807) is 0 Å². The number of benzene rings is 1. The van der Waals surface area contributed by atoms with Gasteiger partial charge in [0.05, 0.1) is 15.5 Å². The monoisotopic (exact) mass is 438 g/mol. The fourth-order valence-electron chi connectivity index (χ4n) is 2.54. The van der Waals surface area contributed by atoms with Gasteiger partial charge >= 0.3 is 11.9 Å². The van der Waals surface area contributed by atoms with Crippen molar-refractivity contribution >= 4 is 34.7 Å². The number of anilines is 3. The molecule has 3 aromatic rings. The molecule has 0 saturated heterocycles. The molecule has 1 aromatic carbocycles. The predicted molar refractivity (Wildman–Crippen MR) is 105 cm³/mol. The lowest BCUT2D eigenvalue weighted by molar-refractivity contribution is -0.383. The minimum atomic E-state index is -4.62. The topological polar surface area (TPSA) is 106 Å². The lowest BCUT2D eigenvalue weighted by Gasteiger charge is -2.12. The second-order valence-corrected chi connectivity index (χ2v) is 6.42. The zero-order valence-corrected chi connectivity index (χ0v) is 15.9. The van der Waals surface area contributed by atoms with Crippen LogP contribution in [0, 0.1) is 10.1 Å². The lowest BCUT2D eigenvalue weighted by atomic mass is 10.1. The molecule has 30 heavy (non-hydrogen) atoms.